The van der Waals surface area contributed by atoms with E-state index >= 15 is 0 Å². The van der Waals surface area contributed by atoms with Crippen LogP contribution in [0.1, 0.15) is 12.7 Å². The van der Waals surface area contributed by atoms with Crippen molar-refractivity contribution in [2.24, 2.45) is 0 Å². The summed E-state index contributed by atoms with van der Waals surface area (Å²) in [6.45, 7) is 5.92. The fraction of sp³-hybridized carbons (Fsp3) is 0.0312. The Labute approximate surface area is 206 Å². The molecule has 1 heterocycles. The summed E-state index contributed by atoms with van der Waals surface area (Å²) in [5.41, 5.74) is 7.29. The average Bonchev–Trinajstić information content (AvgIpc) is 2.95. The molecule has 0 atom stereocenters. The van der Waals surface area contributed by atoms with Crippen LogP contribution in [-0.4, -0.2) is 15.0 Å². The van der Waals surface area contributed by atoms with Gasteiger partial charge in [-0.15, -0.1) is 0 Å². The molecule has 3 heteroatoms. The van der Waals surface area contributed by atoms with Crippen molar-refractivity contribution in [3.05, 3.63) is 134 Å². The van der Waals surface area contributed by atoms with Crippen molar-refractivity contribution in [3.63, 3.8) is 0 Å². The van der Waals surface area contributed by atoms with Gasteiger partial charge in [-0.1, -0.05) is 116 Å². The number of aromatic nitrogens is 3. The molecular formula is C32H25N3. The van der Waals surface area contributed by atoms with E-state index in [1.807, 2.05) is 73.7 Å². The largest absolute Gasteiger partial charge is 0.208 e. The Morgan fingerprint density at radius 1 is 0.543 bits per heavy atom. The van der Waals surface area contributed by atoms with Crippen molar-refractivity contribution >= 4 is 5.57 Å². The lowest BCUT2D eigenvalue weighted by Gasteiger charge is -2.11. The standard InChI is InChI=1S/C32H25N3/c1-3-23(4-2)30-33-31(28-19-11-17-26(21-28)24-13-7-5-8-14-24)35-32(34-30)29-20-12-18-27(22-29)25-15-9-6-10-16-25/h3-22H,1H2,2H3/b23-4+. The quantitative estimate of drug-likeness (QED) is 0.245. The van der Waals surface area contributed by atoms with Crippen LogP contribution in [0.2, 0.25) is 0 Å². The second-order valence-electron chi connectivity index (χ2n) is 8.15. The first kappa shape index (κ1) is 22.2. The Morgan fingerprint density at radius 3 is 1.40 bits per heavy atom. The molecule has 0 aliphatic rings. The Kier molecular flexibility index (Phi) is 6.40. The molecule has 0 aliphatic heterocycles. The smallest absolute Gasteiger partial charge is 0.164 e. The normalized spacial score (nSPS) is 11.3. The van der Waals surface area contributed by atoms with E-state index in [-0.39, 0.29) is 0 Å². The van der Waals surface area contributed by atoms with E-state index in [0.717, 1.165) is 39.0 Å². The van der Waals surface area contributed by atoms with E-state index in [4.69, 9.17) is 15.0 Å². The molecule has 0 N–H and O–H groups in total. The third-order valence-electron chi connectivity index (χ3n) is 5.88. The van der Waals surface area contributed by atoms with Crippen molar-refractivity contribution in [3.8, 4) is 45.0 Å². The summed E-state index contributed by atoms with van der Waals surface area (Å²) in [6.07, 6.45) is 3.75. The Balaban J connectivity index is 1.65. The highest BCUT2D eigenvalue weighted by atomic mass is 15.0. The minimum atomic E-state index is 0.609. The Hall–Kier alpha value is -4.63. The third kappa shape index (κ3) is 4.85. The number of benzene rings is 4. The van der Waals surface area contributed by atoms with Gasteiger partial charge < -0.3 is 0 Å². The summed E-state index contributed by atoms with van der Waals surface area (Å²) in [4.78, 5) is 14.6. The van der Waals surface area contributed by atoms with Gasteiger partial charge in [0.05, 0.1) is 0 Å². The molecule has 35 heavy (non-hydrogen) atoms. The molecular weight excluding hydrogens is 426 g/mol. The van der Waals surface area contributed by atoms with Crippen molar-refractivity contribution in [2.45, 2.75) is 6.92 Å². The zero-order valence-corrected chi connectivity index (χ0v) is 19.6. The van der Waals surface area contributed by atoms with E-state index in [9.17, 15) is 0 Å². The van der Waals surface area contributed by atoms with Gasteiger partial charge in [-0.25, -0.2) is 15.0 Å². The highest BCUT2D eigenvalue weighted by Crippen LogP contribution is 2.29. The maximum absolute atomic E-state index is 4.91. The van der Waals surface area contributed by atoms with Crippen LogP contribution < -0.4 is 0 Å². The van der Waals surface area contributed by atoms with Gasteiger partial charge in [0.2, 0.25) is 0 Å². The van der Waals surface area contributed by atoms with E-state index in [1.165, 1.54) is 0 Å². The molecule has 0 radical (unpaired) electrons. The summed E-state index contributed by atoms with van der Waals surface area (Å²) < 4.78 is 0. The van der Waals surface area contributed by atoms with E-state index in [0.29, 0.717) is 17.5 Å². The molecule has 1 aromatic heterocycles. The summed E-state index contributed by atoms with van der Waals surface area (Å²) in [6, 6.07) is 37.3. The summed E-state index contributed by atoms with van der Waals surface area (Å²) in [7, 11) is 0. The highest BCUT2D eigenvalue weighted by Gasteiger charge is 2.13. The van der Waals surface area contributed by atoms with Crippen molar-refractivity contribution in [1.29, 1.82) is 0 Å². The molecule has 0 unspecified atom stereocenters. The van der Waals surface area contributed by atoms with Crippen LogP contribution in [0.15, 0.2) is 128 Å². The molecule has 0 spiro atoms. The van der Waals surface area contributed by atoms with Crippen LogP contribution in [0, 0.1) is 0 Å². The van der Waals surface area contributed by atoms with Gasteiger partial charge in [0.25, 0.3) is 0 Å². The van der Waals surface area contributed by atoms with Crippen molar-refractivity contribution in [1.82, 2.24) is 15.0 Å². The predicted molar refractivity (Wildman–Crippen MR) is 145 cm³/mol. The Morgan fingerprint density at radius 2 is 0.971 bits per heavy atom. The molecule has 0 bridgehead atoms. The van der Waals surface area contributed by atoms with Gasteiger partial charge in [-0.2, -0.15) is 0 Å². The molecule has 0 aliphatic carbocycles. The van der Waals surface area contributed by atoms with Crippen molar-refractivity contribution < 1.29 is 0 Å². The maximum atomic E-state index is 4.91. The topological polar surface area (TPSA) is 38.7 Å². The van der Waals surface area contributed by atoms with E-state index in [2.05, 4.69) is 55.1 Å². The lowest BCUT2D eigenvalue weighted by molar-refractivity contribution is 1.04. The summed E-state index contributed by atoms with van der Waals surface area (Å²) >= 11 is 0. The molecule has 5 aromatic rings. The molecule has 4 aromatic carbocycles. The van der Waals surface area contributed by atoms with E-state index < -0.39 is 0 Å². The fourth-order valence-corrected chi connectivity index (χ4v) is 4.04. The monoisotopic (exact) mass is 451 g/mol. The lowest BCUT2D eigenvalue weighted by Crippen LogP contribution is -2.02. The number of hydrogen-bond acceptors (Lipinski definition) is 3. The van der Waals surface area contributed by atoms with Gasteiger partial charge in [0.15, 0.2) is 17.5 Å². The third-order valence-corrected chi connectivity index (χ3v) is 5.88. The SMILES string of the molecule is C=C/C(=C\C)c1nc(-c2cccc(-c3ccccc3)c2)nc(-c2cccc(-c3ccccc3)c2)n1. The summed E-state index contributed by atoms with van der Waals surface area (Å²) in [5, 5.41) is 0. The first-order chi connectivity index (χ1) is 17.2. The molecule has 0 saturated carbocycles. The number of allylic oxidation sites excluding steroid dienone is 3. The number of nitrogens with zero attached hydrogens (tertiary/aromatic N) is 3. The fourth-order valence-electron chi connectivity index (χ4n) is 4.04. The van der Waals surface area contributed by atoms with Crippen LogP contribution >= 0.6 is 0 Å². The van der Waals surface area contributed by atoms with E-state index in [1.54, 1.807) is 6.08 Å². The van der Waals surface area contributed by atoms with Crippen LogP contribution in [0.5, 0.6) is 0 Å². The predicted octanol–water partition coefficient (Wildman–Crippen LogP) is 8.13. The summed E-state index contributed by atoms with van der Waals surface area (Å²) in [5.74, 6) is 1.88. The van der Waals surface area contributed by atoms with Crippen LogP contribution in [0.4, 0.5) is 0 Å². The Bertz CT molecular complexity index is 1400. The highest BCUT2D eigenvalue weighted by molar-refractivity contribution is 5.76. The average molecular weight is 452 g/mol. The molecule has 5 rings (SSSR count). The van der Waals surface area contributed by atoms with Gasteiger partial charge in [-0.3, -0.25) is 0 Å². The number of hydrogen-bond donors (Lipinski definition) is 0. The van der Waals surface area contributed by atoms with Gasteiger partial charge >= 0.3 is 0 Å². The first-order valence-corrected chi connectivity index (χ1v) is 11.6. The van der Waals surface area contributed by atoms with Gasteiger partial charge in [0, 0.05) is 16.7 Å². The van der Waals surface area contributed by atoms with Gasteiger partial charge in [-0.05, 0) is 41.3 Å². The van der Waals surface area contributed by atoms with Crippen LogP contribution in [0.3, 0.4) is 0 Å². The van der Waals surface area contributed by atoms with Crippen molar-refractivity contribution in [2.75, 3.05) is 0 Å². The molecule has 3 nitrogen and oxygen atoms in total. The second kappa shape index (κ2) is 10.1. The maximum Gasteiger partial charge on any atom is 0.164 e. The first-order valence-electron chi connectivity index (χ1n) is 11.6. The van der Waals surface area contributed by atoms with Crippen LogP contribution in [0.25, 0.3) is 50.6 Å². The second-order valence-corrected chi connectivity index (χ2v) is 8.15. The molecule has 168 valence electrons. The molecule has 0 amide bonds. The lowest BCUT2D eigenvalue weighted by atomic mass is 10.0. The number of rotatable bonds is 6. The zero-order valence-electron chi connectivity index (χ0n) is 19.6. The van der Waals surface area contributed by atoms with Gasteiger partial charge in [0.1, 0.15) is 0 Å². The minimum absolute atomic E-state index is 0.609. The van der Waals surface area contributed by atoms with Crippen LogP contribution in [-0.2, 0) is 0 Å². The minimum Gasteiger partial charge on any atom is -0.208 e. The zero-order chi connectivity index (χ0) is 24.0. The molecule has 0 saturated heterocycles. The molecule has 0 fully saturated rings.